The predicted molar refractivity (Wildman–Crippen MR) is 155 cm³/mol. The van der Waals surface area contributed by atoms with Gasteiger partial charge in [0, 0.05) is 29.3 Å². The molecule has 0 saturated heterocycles. The average molecular weight is 498 g/mol. The van der Waals surface area contributed by atoms with Crippen LogP contribution in [0.25, 0.3) is 55.1 Å². The minimum atomic E-state index is -1.40. The van der Waals surface area contributed by atoms with Gasteiger partial charge in [0.2, 0.25) is 0 Å². The number of para-hydroxylation sites is 1. The summed E-state index contributed by atoms with van der Waals surface area (Å²) >= 11 is 0. The van der Waals surface area contributed by atoms with Gasteiger partial charge in [0.05, 0.1) is 26.3 Å². The standard InChI is InChI=1S/C35H31NO/c1-35(2)19-16-25(17-20-35)23-10-12-24(13-11-23)27-18-21-36-32(22-27)31-9-5-8-29-30-15-14-26-6-3-4-7-28(26)33(30)37-34(29)31/h3-15,18,21-22,25H,16-17,19-20H2,1-2H3/i3D,4D,5D,6D,7D,8D,10D,11D,12D,13D,14D,15D,18D,21D,22D,25D. The van der Waals surface area contributed by atoms with Gasteiger partial charge in [0.25, 0.3) is 0 Å². The number of furan rings is 1. The van der Waals surface area contributed by atoms with Gasteiger partial charge < -0.3 is 4.42 Å². The van der Waals surface area contributed by atoms with E-state index in [0.717, 1.165) is 6.07 Å². The molecule has 2 aromatic heterocycles. The topological polar surface area (TPSA) is 26.0 Å². The second-order valence-corrected chi connectivity index (χ2v) is 10.1. The Bertz CT molecular complexity index is 2590. The maximum Gasteiger partial charge on any atom is 0.144 e. The number of hydrogen-bond donors (Lipinski definition) is 0. The number of benzene rings is 4. The first-order valence-corrected chi connectivity index (χ1v) is 12.1. The Kier molecular flexibility index (Phi) is 2.61. The van der Waals surface area contributed by atoms with E-state index in [1.54, 1.807) is 0 Å². The SMILES string of the molecule is [2H]c1cc(-c2nc([2H])c([2H])c(-c3c([2H])c([2H])c(C4([2H])CCC(C)(C)CC4)c([2H])c3[2H])c2[2H])c2oc3c4c([2H])c([2H])c([2H])c([2H])c4c([2H])c([2H])c3c2c1[2H]. The summed E-state index contributed by atoms with van der Waals surface area (Å²) in [6, 6.07) is -6.80. The summed E-state index contributed by atoms with van der Waals surface area (Å²) in [5, 5.41) is -0.911. The summed E-state index contributed by atoms with van der Waals surface area (Å²) in [7, 11) is 0. The number of aromatic nitrogens is 1. The molecule has 0 radical (unpaired) electrons. The molecule has 2 heteroatoms. The summed E-state index contributed by atoms with van der Waals surface area (Å²) in [5.74, 6) is -1.40. The third-order valence-corrected chi connectivity index (χ3v) is 7.08. The molecular weight excluding hydrogens is 450 g/mol. The molecule has 0 unspecified atom stereocenters. The van der Waals surface area contributed by atoms with E-state index < -0.39 is 113 Å². The van der Waals surface area contributed by atoms with Crippen LogP contribution in [-0.4, -0.2) is 4.98 Å². The van der Waals surface area contributed by atoms with Crippen LogP contribution in [0.5, 0.6) is 0 Å². The molecule has 1 aliphatic carbocycles. The lowest BCUT2D eigenvalue weighted by Crippen LogP contribution is -2.20. The molecular formula is C35H31NO. The molecule has 0 atom stereocenters. The molecule has 0 spiro atoms. The molecule has 0 bridgehead atoms. The van der Waals surface area contributed by atoms with E-state index >= 15 is 0 Å². The maximum atomic E-state index is 9.27. The van der Waals surface area contributed by atoms with Crippen molar-refractivity contribution >= 4 is 32.7 Å². The van der Waals surface area contributed by atoms with Crippen molar-refractivity contribution in [2.45, 2.75) is 45.4 Å². The Labute approximate surface area is 240 Å². The summed E-state index contributed by atoms with van der Waals surface area (Å²) in [6.07, 6.45) is 1.17. The Morgan fingerprint density at radius 1 is 0.811 bits per heavy atom. The number of pyridine rings is 1. The Balaban J connectivity index is 1.55. The van der Waals surface area contributed by atoms with Crippen LogP contribution in [0.2, 0.25) is 0 Å². The van der Waals surface area contributed by atoms with Crippen LogP contribution in [0.3, 0.4) is 0 Å². The molecule has 4 aromatic carbocycles. The van der Waals surface area contributed by atoms with E-state index in [1.165, 1.54) is 0 Å². The second kappa shape index (κ2) is 8.59. The van der Waals surface area contributed by atoms with Crippen molar-refractivity contribution < 1.29 is 26.3 Å². The zero-order valence-electron chi connectivity index (χ0n) is 36.3. The van der Waals surface area contributed by atoms with Crippen molar-refractivity contribution in [3.05, 3.63) is 102 Å². The summed E-state index contributed by atoms with van der Waals surface area (Å²) in [5.41, 5.74) is -2.15. The first-order valence-electron chi connectivity index (χ1n) is 20.1. The molecule has 182 valence electrons. The predicted octanol–water partition coefficient (Wildman–Crippen LogP) is 10.2. The molecule has 2 heterocycles. The molecule has 0 amide bonds. The fourth-order valence-corrected chi connectivity index (χ4v) is 4.82. The third kappa shape index (κ3) is 3.92. The smallest absolute Gasteiger partial charge is 0.144 e. The lowest BCUT2D eigenvalue weighted by molar-refractivity contribution is 0.224. The van der Waals surface area contributed by atoms with Crippen molar-refractivity contribution in [1.82, 2.24) is 4.98 Å². The largest absolute Gasteiger partial charge is 0.455 e. The highest BCUT2D eigenvalue weighted by Gasteiger charge is 2.27. The van der Waals surface area contributed by atoms with Gasteiger partial charge in [0.1, 0.15) is 11.2 Å². The van der Waals surface area contributed by atoms with Crippen LogP contribution in [0.15, 0.2) is 101 Å². The first kappa shape index (κ1) is 11.2. The molecule has 2 nitrogen and oxygen atoms in total. The van der Waals surface area contributed by atoms with Crippen LogP contribution in [0, 0.1) is 5.41 Å². The number of rotatable bonds is 3. The van der Waals surface area contributed by atoms with Gasteiger partial charge in [-0.15, -0.1) is 0 Å². The molecule has 1 fully saturated rings. The first-order chi connectivity index (χ1) is 24.6. The third-order valence-electron chi connectivity index (χ3n) is 7.08. The zero-order chi connectivity index (χ0) is 39.0. The van der Waals surface area contributed by atoms with Gasteiger partial charge in [-0.3, -0.25) is 4.98 Å². The number of fused-ring (bicyclic) bond motifs is 5. The normalized spacial score (nSPS) is 23.0. The lowest BCUT2D eigenvalue weighted by Gasteiger charge is -2.34. The van der Waals surface area contributed by atoms with Crippen LogP contribution in [0.4, 0.5) is 0 Å². The van der Waals surface area contributed by atoms with Crippen molar-refractivity contribution in [3.8, 4) is 22.4 Å². The van der Waals surface area contributed by atoms with Gasteiger partial charge in [-0.2, -0.15) is 0 Å². The summed E-state index contributed by atoms with van der Waals surface area (Å²) < 4.78 is 146. The number of nitrogens with zero attached hydrogens (tertiary/aromatic N) is 1. The van der Waals surface area contributed by atoms with Gasteiger partial charge in [-0.25, -0.2) is 0 Å². The highest BCUT2D eigenvalue weighted by atomic mass is 16.3. The lowest BCUT2D eigenvalue weighted by atomic mass is 9.71. The van der Waals surface area contributed by atoms with Crippen LogP contribution in [-0.2, 0) is 0 Å². The summed E-state index contributed by atoms with van der Waals surface area (Å²) in [4.78, 5) is 4.13. The van der Waals surface area contributed by atoms with E-state index in [4.69, 9.17) is 23.6 Å². The maximum absolute atomic E-state index is 9.27. The monoisotopic (exact) mass is 497 g/mol. The number of hydrogen-bond acceptors (Lipinski definition) is 2. The van der Waals surface area contributed by atoms with E-state index in [0.29, 0.717) is 25.7 Å². The van der Waals surface area contributed by atoms with Gasteiger partial charge in [0.15, 0.2) is 0 Å². The van der Waals surface area contributed by atoms with Gasteiger partial charge in [-0.05, 0) is 83.3 Å². The molecule has 1 saturated carbocycles. The molecule has 7 rings (SSSR count). The fourth-order valence-electron chi connectivity index (χ4n) is 4.82. The van der Waals surface area contributed by atoms with E-state index in [-0.39, 0.29) is 49.3 Å². The molecule has 0 aliphatic heterocycles. The fraction of sp³-hybridized carbons (Fsp3) is 0.229. The van der Waals surface area contributed by atoms with Crippen molar-refractivity contribution in [3.63, 3.8) is 0 Å². The zero-order valence-corrected chi connectivity index (χ0v) is 20.3. The molecule has 37 heavy (non-hydrogen) atoms. The van der Waals surface area contributed by atoms with Crippen LogP contribution >= 0.6 is 0 Å². The highest BCUT2D eigenvalue weighted by molar-refractivity contribution is 6.17. The molecule has 0 N–H and O–H groups in total. The summed E-state index contributed by atoms with van der Waals surface area (Å²) in [6.45, 7) is 4.14. The van der Waals surface area contributed by atoms with Crippen LogP contribution < -0.4 is 0 Å². The van der Waals surface area contributed by atoms with Gasteiger partial charge in [-0.1, -0.05) is 80.3 Å². The average Bonchev–Trinajstić information content (AvgIpc) is 3.51. The minimum Gasteiger partial charge on any atom is -0.455 e. The Morgan fingerprint density at radius 2 is 1.57 bits per heavy atom. The quantitative estimate of drug-likeness (QED) is 0.243. The van der Waals surface area contributed by atoms with E-state index in [1.807, 2.05) is 0 Å². The van der Waals surface area contributed by atoms with Crippen molar-refractivity contribution in [1.29, 1.82) is 0 Å². The van der Waals surface area contributed by atoms with E-state index in [2.05, 4.69) is 18.8 Å². The second-order valence-electron chi connectivity index (χ2n) is 10.1. The van der Waals surface area contributed by atoms with Crippen LogP contribution in [0.1, 0.15) is 72.9 Å². The molecule has 6 aromatic rings. The Morgan fingerprint density at radius 3 is 2.41 bits per heavy atom. The van der Waals surface area contributed by atoms with Gasteiger partial charge >= 0.3 is 0 Å². The minimum absolute atomic E-state index is 0.0497. The Hall–Kier alpha value is -3.91. The van der Waals surface area contributed by atoms with Crippen molar-refractivity contribution in [2.75, 3.05) is 0 Å². The van der Waals surface area contributed by atoms with Crippen molar-refractivity contribution in [2.24, 2.45) is 5.41 Å². The highest BCUT2D eigenvalue weighted by Crippen LogP contribution is 2.43. The molecule has 1 aliphatic rings. The van der Waals surface area contributed by atoms with E-state index in [9.17, 15) is 2.74 Å².